The summed E-state index contributed by atoms with van der Waals surface area (Å²) in [4.78, 5) is 28.4. The first-order chi connectivity index (χ1) is 20.3. The van der Waals surface area contributed by atoms with Crippen molar-refractivity contribution in [2.45, 2.75) is 45.9 Å². The van der Waals surface area contributed by atoms with Crippen molar-refractivity contribution in [1.29, 1.82) is 0 Å². The van der Waals surface area contributed by atoms with E-state index in [1.165, 1.54) is 16.2 Å². The van der Waals surface area contributed by atoms with E-state index in [2.05, 4.69) is 10.2 Å². The Balaban J connectivity index is 1.45. The topological polar surface area (TPSA) is 111 Å². The van der Waals surface area contributed by atoms with Gasteiger partial charge < -0.3 is 19.3 Å². The quantitative estimate of drug-likeness (QED) is 0.158. The molecule has 1 amide bonds. The predicted octanol–water partition coefficient (Wildman–Crippen LogP) is 5.77. The monoisotopic (exact) mass is 583 g/mol. The van der Waals surface area contributed by atoms with Crippen LogP contribution in [0.25, 0.3) is 5.76 Å². The Kier molecular flexibility index (Phi) is 7.38. The summed E-state index contributed by atoms with van der Waals surface area (Å²) in [5.41, 5.74) is 2.86. The van der Waals surface area contributed by atoms with Gasteiger partial charge in [-0.15, -0.1) is 10.2 Å². The van der Waals surface area contributed by atoms with Crippen molar-refractivity contribution in [3.05, 3.63) is 99.6 Å². The second-order valence-corrected chi connectivity index (χ2v) is 11.3. The number of carbonyl (C=O) groups excluding carboxylic acids is 2. The Morgan fingerprint density at radius 2 is 1.86 bits per heavy atom. The molecule has 0 radical (unpaired) electrons. The maximum absolute atomic E-state index is 13.6. The smallest absolute Gasteiger partial charge is 0.301 e. The van der Waals surface area contributed by atoms with Gasteiger partial charge in [0, 0.05) is 12.0 Å². The second-order valence-electron chi connectivity index (χ2n) is 10.1. The van der Waals surface area contributed by atoms with Crippen molar-refractivity contribution in [3.63, 3.8) is 0 Å². The van der Waals surface area contributed by atoms with Gasteiger partial charge in [0.25, 0.3) is 5.78 Å². The highest BCUT2D eigenvalue weighted by molar-refractivity contribution is 7.15. The van der Waals surface area contributed by atoms with E-state index in [4.69, 9.17) is 14.2 Å². The van der Waals surface area contributed by atoms with Crippen LogP contribution in [0.2, 0.25) is 0 Å². The molecule has 1 N–H and O–H groups in total. The largest absolute Gasteiger partial charge is 0.507 e. The Morgan fingerprint density at radius 3 is 2.60 bits per heavy atom. The standard InChI is InChI=1S/C32H29N3O6S/c1-4-39-26-16-21(10-13-25(26)40-17-20-8-6-5-7-9-20)28-27(30(37)31(38)35(28)32-34-33-19(3)42-32)29(36)22-11-12-24-23(15-22)14-18(2)41-24/h5-13,15-16,18,28,36H,4,14,17H2,1-3H3/t18-,28+/m1/s1. The number of nitrogens with zero attached hydrogens (tertiary/aromatic N) is 3. The molecule has 3 aromatic carbocycles. The minimum atomic E-state index is -0.969. The zero-order valence-corrected chi connectivity index (χ0v) is 24.2. The first-order valence-electron chi connectivity index (χ1n) is 13.7. The molecule has 10 heteroatoms. The average Bonchev–Trinajstić information content (AvgIpc) is 3.66. The number of aromatic nitrogens is 2. The van der Waals surface area contributed by atoms with Crippen LogP contribution in [0, 0.1) is 6.92 Å². The van der Waals surface area contributed by atoms with Gasteiger partial charge in [0.05, 0.1) is 18.2 Å². The number of anilines is 1. The van der Waals surface area contributed by atoms with Crippen LogP contribution in [0.4, 0.5) is 5.13 Å². The van der Waals surface area contributed by atoms with Crippen LogP contribution in [-0.2, 0) is 22.6 Å². The molecule has 4 aromatic rings. The molecular formula is C32H29N3O6S. The maximum Gasteiger partial charge on any atom is 0.301 e. The van der Waals surface area contributed by atoms with E-state index in [0.29, 0.717) is 47.3 Å². The molecule has 3 heterocycles. The van der Waals surface area contributed by atoms with Gasteiger partial charge in [-0.05, 0) is 67.8 Å². The lowest BCUT2D eigenvalue weighted by Crippen LogP contribution is -2.29. The van der Waals surface area contributed by atoms with Gasteiger partial charge in [0.15, 0.2) is 11.5 Å². The van der Waals surface area contributed by atoms with Gasteiger partial charge in [-0.1, -0.05) is 47.7 Å². The Morgan fingerprint density at radius 1 is 1.05 bits per heavy atom. The van der Waals surface area contributed by atoms with Crippen LogP contribution in [-0.4, -0.2) is 39.7 Å². The molecule has 42 heavy (non-hydrogen) atoms. The van der Waals surface area contributed by atoms with Crippen LogP contribution in [0.1, 0.15) is 47.2 Å². The summed E-state index contributed by atoms with van der Waals surface area (Å²) < 4.78 is 17.8. The van der Waals surface area contributed by atoms with Crippen molar-refractivity contribution < 1.29 is 28.9 Å². The third-order valence-corrected chi connectivity index (χ3v) is 7.99. The molecule has 2 aliphatic rings. The fourth-order valence-corrected chi connectivity index (χ4v) is 5.99. The van der Waals surface area contributed by atoms with E-state index in [0.717, 1.165) is 16.9 Å². The first kappa shape index (κ1) is 27.5. The molecular weight excluding hydrogens is 554 g/mol. The summed E-state index contributed by atoms with van der Waals surface area (Å²) in [5, 5.41) is 20.7. The van der Waals surface area contributed by atoms with Gasteiger partial charge in [-0.2, -0.15) is 0 Å². The van der Waals surface area contributed by atoms with Crippen molar-refractivity contribution >= 4 is 33.9 Å². The van der Waals surface area contributed by atoms with E-state index in [9.17, 15) is 14.7 Å². The Bertz CT molecular complexity index is 1700. The van der Waals surface area contributed by atoms with Crippen LogP contribution < -0.4 is 19.1 Å². The third kappa shape index (κ3) is 5.09. The number of Topliss-reactive ketones (excluding diaryl/α,β-unsaturated/α-hetero) is 1. The van der Waals surface area contributed by atoms with E-state index < -0.39 is 17.7 Å². The van der Waals surface area contributed by atoms with Crippen molar-refractivity contribution in [2.75, 3.05) is 11.5 Å². The highest BCUT2D eigenvalue weighted by Gasteiger charge is 2.48. The van der Waals surface area contributed by atoms with E-state index >= 15 is 0 Å². The molecule has 1 fully saturated rings. The van der Waals surface area contributed by atoms with E-state index in [1.807, 2.05) is 44.2 Å². The van der Waals surface area contributed by atoms with Crippen molar-refractivity contribution in [2.24, 2.45) is 0 Å². The van der Waals surface area contributed by atoms with Crippen LogP contribution in [0.15, 0.2) is 72.3 Å². The molecule has 2 aliphatic heterocycles. The summed E-state index contributed by atoms with van der Waals surface area (Å²) in [6.45, 7) is 6.31. The number of hydrogen-bond donors (Lipinski definition) is 1. The lowest BCUT2D eigenvalue weighted by atomic mass is 9.94. The van der Waals surface area contributed by atoms with Gasteiger partial charge in [0.2, 0.25) is 5.13 Å². The third-order valence-electron chi connectivity index (χ3n) is 7.16. The van der Waals surface area contributed by atoms with Gasteiger partial charge in [0.1, 0.15) is 29.2 Å². The van der Waals surface area contributed by atoms with Crippen LogP contribution in [0.3, 0.4) is 0 Å². The number of ketones is 1. The number of hydrogen-bond acceptors (Lipinski definition) is 9. The Hall–Kier alpha value is -4.70. The first-order valence-corrected chi connectivity index (χ1v) is 14.5. The minimum Gasteiger partial charge on any atom is -0.507 e. The molecule has 1 aromatic heterocycles. The molecule has 9 nitrogen and oxygen atoms in total. The molecule has 0 saturated carbocycles. The number of carbonyl (C=O) groups is 2. The molecule has 0 spiro atoms. The summed E-state index contributed by atoms with van der Waals surface area (Å²) in [6.07, 6.45) is 0.698. The van der Waals surface area contributed by atoms with Crippen molar-refractivity contribution in [3.8, 4) is 17.2 Å². The highest BCUT2D eigenvalue weighted by Crippen LogP contribution is 2.45. The maximum atomic E-state index is 13.6. The number of aryl methyl sites for hydroxylation is 1. The number of aliphatic hydroxyl groups is 1. The molecule has 1 saturated heterocycles. The zero-order valence-electron chi connectivity index (χ0n) is 23.4. The molecule has 0 unspecified atom stereocenters. The predicted molar refractivity (Wildman–Crippen MR) is 158 cm³/mol. The highest BCUT2D eigenvalue weighted by atomic mass is 32.1. The number of benzene rings is 3. The zero-order chi connectivity index (χ0) is 29.4. The average molecular weight is 584 g/mol. The summed E-state index contributed by atoms with van der Waals surface area (Å²) in [7, 11) is 0. The molecule has 214 valence electrons. The van der Waals surface area contributed by atoms with Crippen LogP contribution >= 0.6 is 11.3 Å². The second kappa shape index (κ2) is 11.3. The van der Waals surface area contributed by atoms with E-state index in [-0.39, 0.29) is 22.6 Å². The summed E-state index contributed by atoms with van der Waals surface area (Å²) in [5.74, 6) is -0.162. The van der Waals surface area contributed by atoms with Gasteiger partial charge in [-0.25, -0.2) is 0 Å². The number of aliphatic hydroxyl groups excluding tert-OH is 1. The molecule has 6 rings (SSSR count). The molecule has 2 atom stereocenters. The van der Waals surface area contributed by atoms with Crippen molar-refractivity contribution in [1.82, 2.24) is 10.2 Å². The van der Waals surface area contributed by atoms with Gasteiger partial charge >= 0.3 is 5.91 Å². The lowest BCUT2D eigenvalue weighted by molar-refractivity contribution is -0.132. The lowest BCUT2D eigenvalue weighted by Gasteiger charge is -2.24. The normalized spacial score (nSPS) is 19.1. The number of rotatable bonds is 8. The fraction of sp³-hybridized carbons (Fsp3) is 0.250. The van der Waals surface area contributed by atoms with E-state index in [1.54, 1.807) is 43.3 Å². The minimum absolute atomic E-state index is 0.0169. The summed E-state index contributed by atoms with van der Waals surface area (Å²) >= 11 is 1.19. The molecule has 0 bridgehead atoms. The van der Waals surface area contributed by atoms with Crippen LogP contribution in [0.5, 0.6) is 17.2 Å². The summed E-state index contributed by atoms with van der Waals surface area (Å²) in [6, 6.07) is 19.3. The number of fused-ring (bicyclic) bond motifs is 1. The fourth-order valence-electron chi connectivity index (χ4n) is 5.27. The number of ether oxygens (including phenoxy) is 3. The SMILES string of the molecule is CCOc1cc([C@H]2C(=C(O)c3ccc4c(c3)C[C@@H](C)O4)C(=O)C(=O)N2c2nnc(C)s2)ccc1OCc1ccccc1. The Labute approximate surface area is 247 Å². The number of amides is 1. The van der Waals surface area contributed by atoms with Gasteiger partial charge in [-0.3, -0.25) is 14.5 Å². The molecule has 0 aliphatic carbocycles.